The second kappa shape index (κ2) is 3.62. The fraction of sp³-hybridized carbons (Fsp3) is 0.429. The molecule has 0 N–H and O–H groups in total. The van der Waals surface area contributed by atoms with Crippen LogP contribution in [-0.2, 0) is 6.42 Å². The molecule has 50 valence electrons. The van der Waals surface area contributed by atoms with Crippen molar-refractivity contribution in [3.8, 4) is 0 Å². The Morgan fingerprint density at radius 1 is 1.56 bits per heavy atom. The van der Waals surface area contributed by atoms with E-state index < -0.39 is 0 Å². The molecule has 0 aliphatic heterocycles. The minimum Gasteiger partial charge on any atom is -0.472 e. The summed E-state index contributed by atoms with van der Waals surface area (Å²) in [6.45, 7) is 0. The zero-order valence-electron chi connectivity index (χ0n) is 5.21. The van der Waals surface area contributed by atoms with Crippen LogP contribution in [0.2, 0.25) is 0 Å². The van der Waals surface area contributed by atoms with Crippen molar-refractivity contribution in [3.63, 3.8) is 0 Å². The van der Waals surface area contributed by atoms with Crippen LogP contribution in [0.3, 0.4) is 0 Å². The molecular weight excluding hydrogens is 132 g/mol. The molecule has 1 nitrogen and oxygen atoms in total. The van der Waals surface area contributed by atoms with Crippen molar-refractivity contribution in [2.75, 3.05) is 5.75 Å². The predicted octanol–water partition coefficient (Wildman–Crippen LogP) is 2.14. The van der Waals surface area contributed by atoms with E-state index in [1.807, 2.05) is 6.07 Å². The molecule has 1 aromatic rings. The van der Waals surface area contributed by atoms with Crippen molar-refractivity contribution in [2.45, 2.75) is 12.8 Å². The van der Waals surface area contributed by atoms with Gasteiger partial charge in [0.2, 0.25) is 0 Å². The number of aryl methyl sites for hydroxylation is 1. The standard InChI is InChI=1S/C7H10OS/c9-5-1-2-7-3-4-8-6-7/h3-4,6,9H,1-2,5H2. The minimum atomic E-state index is 0.950. The van der Waals surface area contributed by atoms with Gasteiger partial charge in [0.25, 0.3) is 0 Å². The Labute approximate surface area is 60.5 Å². The van der Waals surface area contributed by atoms with Gasteiger partial charge < -0.3 is 4.42 Å². The Morgan fingerprint density at radius 3 is 3.00 bits per heavy atom. The smallest absolute Gasteiger partial charge is 0.0934 e. The summed E-state index contributed by atoms with van der Waals surface area (Å²) in [5, 5.41) is 0. The highest BCUT2D eigenvalue weighted by molar-refractivity contribution is 7.80. The normalized spacial score (nSPS) is 9.89. The molecule has 0 spiro atoms. The molecule has 0 saturated carbocycles. The average molecular weight is 142 g/mol. The third-order valence-electron chi connectivity index (χ3n) is 1.20. The lowest BCUT2D eigenvalue weighted by atomic mass is 10.2. The van der Waals surface area contributed by atoms with Crippen LogP contribution in [0.1, 0.15) is 12.0 Å². The van der Waals surface area contributed by atoms with E-state index in [9.17, 15) is 0 Å². The van der Waals surface area contributed by atoms with E-state index in [1.54, 1.807) is 12.5 Å². The van der Waals surface area contributed by atoms with Crippen molar-refractivity contribution in [1.29, 1.82) is 0 Å². The molecule has 0 bridgehead atoms. The molecule has 1 aromatic heterocycles. The number of thiol groups is 1. The first kappa shape index (κ1) is 6.75. The lowest BCUT2D eigenvalue weighted by Gasteiger charge is -1.89. The molecule has 1 heterocycles. The monoisotopic (exact) mass is 142 g/mol. The van der Waals surface area contributed by atoms with Crippen molar-refractivity contribution in [3.05, 3.63) is 24.2 Å². The lowest BCUT2D eigenvalue weighted by molar-refractivity contribution is 0.563. The molecule has 9 heavy (non-hydrogen) atoms. The average Bonchev–Trinajstić information content (AvgIpc) is 2.34. The highest BCUT2D eigenvalue weighted by Gasteiger charge is 1.90. The van der Waals surface area contributed by atoms with Gasteiger partial charge in [0.15, 0.2) is 0 Å². The zero-order chi connectivity index (χ0) is 6.53. The van der Waals surface area contributed by atoms with Crippen LogP contribution in [0.5, 0.6) is 0 Å². The van der Waals surface area contributed by atoms with Crippen molar-refractivity contribution in [1.82, 2.24) is 0 Å². The summed E-state index contributed by atoms with van der Waals surface area (Å²) in [7, 11) is 0. The van der Waals surface area contributed by atoms with Gasteiger partial charge in [-0.2, -0.15) is 12.6 Å². The van der Waals surface area contributed by atoms with Crippen LogP contribution < -0.4 is 0 Å². The summed E-state index contributed by atoms with van der Waals surface area (Å²) >= 11 is 4.10. The van der Waals surface area contributed by atoms with Gasteiger partial charge in [-0.3, -0.25) is 0 Å². The number of furan rings is 1. The molecule has 1 rings (SSSR count). The molecule has 0 aliphatic carbocycles. The maximum absolute atomic E-state index is 4.89. The van der Waals surface area contributed by atoms with E-state index in [4.69, 9.17) is 4.42 Å². The Hall–Kier alpha value is -0.370. The maximum Gasteiger partial charge on any atom is 0.0934 e. The van der Waals surface area contributed by atoms with E-state index in [0.29, 0.717) is 0 Å². The molecule has 0 atom stereocenters. The van der Waals surface area contributed by atoms with Crippen molar-refractivity contribution >= 4 is 12.6 Å². The van der Waals surface area contributed by atoms with Crippen LogP contribution in [0.4, 0.5) is 0 Å². The third kappa shape index (κ3) is 2.14. The first-order valence-corrected chi connectivity index (χ1v) is 3.68. The molecule has 0 unspecified atom stereocenters. The molecule has 0 fully saturated rings. The van der Waals surface area contributed by atoms with Gasteiger partial charge in [-0.05, 0) is 30.2 Å². The number of hydrogen-bond acceptors (Lipinski definition) is 2. The van der Waals surface area contributed by atoms with Gasteiger partial charge in [-0.25, -0.2) is 0 Å². The quantitative estimate of drug-likeness (QED) is 0.638. The van der Waals surface area contributed by atoms with Crippen LogP contribution in [0.25, 0.3) is 0 Å². The van der Waals surface area contributed by atoms with Crippen LogP contribution in [0.15, 0.2) is 23.0 Å². The summed E-state index contributed by atoms with van der Waals surface area (Å²) in [4.78, 5) is 0. The predicted molar refractivity (Wildman–Crippen MR) is 40.9 cm³/mol. The second-order valence-corrected chi connectivity index (χ2v) is 2.41. The number of hydrogen-bond donors (Lipinski definition) is 1. The topological polar surface area (TPSA) is 13.1 Å². The van der Waals surface area contributed by atoms with Gasteiger partial charge in [0.05, 0.1) is 12.5 Å². The Balaban J connectivity index is 2.30. The molecule has 2 heteroatoms. The van der Waals surface area contributed by atoms with Crippen molar-refractivity contribution in [2.24, 2.45) is 0 Å². The van der Waals surface area contributed by atoms with Gasteiger partial charge in [0.1, 0.15) is 0 Å². The summed E-state index contributed by atoms with van der Waals surface area (Å²) in [5.41, 5.74) is 1.27. The third-order valence-corrected chi connectivity index (χ3v) is 1.52. The van der Waals surface area contributed by atoms with Gasteiger partial charge >= 0.3 is 0 Å². The van der Waals surface area contributed by atoms with E-state index >= 15 is 0 Å². The fourth-order valence-corrected chi connectivity index (χ4v) is 0.876. The molecular formula is C7H10OS. The highest BCUT2D eigenvalue weighted by atomic mass is 32.1. The summed E-state index contributed by atoms with van der Waals surface area (Å²) in [6.07, 6.45) is 5.69. The Bertz CT molecular complexity index is 146. The SMILES string of the molecule is SCCCc1ccoc1. The lowest BCUT2D eigenvalue weighted by Crippen LogP contribution is -1.80. The first-order chi connectivity index (χ1) is 4.43. The zero-order valence-corrected chi connectivity index (χ0v) is 6.10. The molecule has 0 saturated heterocycles. The minimum absolute atomic E-state index is 0.950. The van der Waals surface area contributed by atoms with Gasteiger partial charge in [0, 0.05) is 0 Å². The Kier molecular flexibility index (Phi) is 2.71. The fourth-order valence-electron chi connectivity index (χ4n) is 0.718. The van der Waals surface area contributed by atoms with Gasteiger partial charge in [-0.15, -0.1) is 0 Å². The Morgan fingerprint density at radius 2 is 2.44 bits per heavy atom. The van der Waals surface area contributed by atoms with Crippen LogP contribution in [0, 0.1) is 0 Å². The summed E-state index contributed by atoms with van der Waals surface area (Å²) in [5.74, 6) is 0.950. The molecule has 0 aromatic carbocycles. The summed E-state index contributed by atoms with van der Waals surface area (Å²) < 4.78 is 4.89. The van der Waals surface area contributed by atoms with Crippen molar-refractivity contribution < 1.29 is 4.42 Å². The summed E-state index contributed by atoms with van der Waals surface area (Å²) in [6, 6.07) is 1.99. The van der Waals surface area contributed by atoms with E-state index in [0.717, 1.165) is 18.6 Å². The molecule has 0 amide bonds. The highest BCUT2D eigenvalue weighted by Crippen LogP contribution is 2.03. The van der Waals surface area contributed by atoms with Crippen LogP contribution in [-0.4, -0.2) is 5.75 Å². The van der Waals surface area contributed by atoms with E-state index in [-0.39, 0.29) is 0 Å². The first-order valence-electron chi connectivity index (χ1n) is 3.05. The van der Waals surface area contributed by atoms with Gasteiger partial charge in [-0.1, -0.05) is 0 Å². The van der Waals surface area contributed by atoms with E-state index in [1.165, 1.54) is 5.56 Å². The molecule has 0 aliphatic rings. The van der Waals surface area contributed by atoms with Crippen LogP contribution >= 0.6 is 12.6 Å². The maximum atomic E-state index is 4.89. The largest absolute Gasteiger partial charge is 0.472 e. The number of rotatable bonds is 3. The molecule has 0 radical (unpaired) electrons. The van der Waals surface area contributed by atoms with E-state index in [2.05, 4.69) is 12.6 Å². The second-order valence-electron chi connectivity index (χ2n) is 1.96.